The van der Waals surface area contributed by atoms with Crippen molar-refractivity contribution in [3.63, 3.8) is 0 Å². The second-order valence-electron chi connectivity index (χ2n) is 7.05. The lowest BCUT2D eigenvalue weighted by atomic mass is 9.68. The van der Waals surface area contributed by atoms with Crippen molar-refractivity contribution in [1.82, 2.24) is 20.9 Å². The number of benzene rings is 2. The molecule has 0 aliphatic carbocycles. The first-order valence-electron chi connectivity index (χ1n) is 9.29. The third-order valence-electron chi connectivity index (χ3n) is 5.63. The number of barbiturate groups is 1. The van der Waals surface area contributed by atoms with Crippen LogP contribution in [0.2, 0.25) is 0 Å². The number of imide groups is 2. The number of fused-ring (bicyclic) bond motifs is 1. The molecule has 4 amide bonds. The summed E-state index contributed by atoms with van der Waals surface area (Å²) in [5.41, 5.74) is -1.08. The van der Waals surface area contributed by atoms with Gasteiger partial charge in [0.05, 0.1) is 6.61 Å². The number of piperazine rings is 1. The van der Waals surface area contributed by atoms with Gasteiger partial charge in [0.25, 0.3) is 0 Å². The van der Waals surface area contributed by atoms with Crippen LogP contribution in [0.5, 0.6) is 0 Å². The third kappa shape index (κ3) is 2.77. The molecule has 0 aromatic heterocycles. The highest BCUT2D eigenvalue weighted by Crippen LogP contribution is 2.38. The first-order valence-corrected chi connectivity index (χ1v) is 9.29. The second-order valence-corrected chi connectivity index (χ2v) is 7.05. The molecule has 0 radical (unpaired) electrons. The first-order chi connectivity index (χ1) is 13.6. The predicted octanol–water partition coefficient (Wildman–Crippen LogP) is -0.290. The molecule has 28 heavy (non-hydrogen) atoms. The first kappa shape index (κ1) is 18.5. The fourth-order valence-electron chi connectivity index (χ4n) is 4.40. The molecule has 0 saturated carbocycles. The molecule has 8 heteroatoms. The van der Waals surface area contributed by atoms with Gasteiger partial charge >= 0.3 is 6.03 Å². The van der Waals surface area contributed by atoms with Crippen LogP contribution in [0.3, 0.4) is 0 Å². The highest BCUT2D eigenvalue weighted by Gasteiger charge is 2.59. The molecule has 146 valence electrons. The van der Waals surface area contributed by atoms with Gasteiger partial charge in [-0.25, -0.2) is 4.79 Å². The molecule has 2 aromatic carbocycles. The quantitative estimate of drug-likeness (QED) is 0.541. The van der Waals surface area contributed by atoms with Crippen LogP contribution in [0.25, 0.3) is 10.8 Å². The number of hydrogen-bond acceptors (Lipinski definition) is 6. The van der Waals surface area contributed by atoms with Crippen LogP contribution in [-0.2, 0) is 15.0 Å². The van der Waals surface area contributed by atoms with Crippen LogP contribution in [0.1, 0.15) is 5.56 Å². The van der Waals surface area contributed by atoms with Gasteiger partial charge in [-0.15, -0.1) is 0 Å². The van der Waals surface area contributed by atoms with E-state index in [1.165, 1.54) is 0 Å². The van der Waals surface area contributed by atoms with Crippen LogP contribution in [0.15, 0.2) is 42.5 Å². The fourth-order valence-corrected chi connectivity index (χ4v) is 4.40. The Labute approximate surface area is 161 Å². The number of amides is 4. The summed E-state index contributed by atoms with van der Waals surface area (Å²) < 4.78 is 0. The Morgan fingerprint density at radius 3 is 2.50 bits per heavy atom. The normalized spacial score (nSPS) is 22.8. The van der Waals surface area contributed by atoms with Crippen molar-refractivity contribution in [2.24, 2.45) is 0 Å². The fraction of sp³-hybridized carbons (Fsp3) is 0.350. The maximum absolute atomic E-state index is 13.3. The van der Waals surface area contributed by atoms with Crippen LogP contribution in [0.4, 0.5) is 4.79 Å². The average molecular weight is 382 g/mol. The number of aliphatic hydroxyl groups excluding tert-OH is 1. The number of carbonyl (C=O) groups is 3. The molecular formula is C20H22N4O4. The van der Waals surface area contributed by atoms with E-state index in [1.54, 1.807) is 6.07 Å². The van der Waals surface area contributed by atoms with Crippen molar-refractivity contribution < 1.29 is 19.5 Å². The Bertz CT molecular complexity index is 917. The zero-order chi connectivity index (χ0) is 19.7. The molecule has 2 saturated heterocycles. The van der Waals surface area contributed by atoms with E-state index in [9.17, 15) is 19.5 Å². The Kier molecular flexibility index (Phi) is 4.84. The van der Waals surface area contributed by atoms with Gasteiger partial charge in [0.1, 0.15) is 0 Å². The van der Waals surface area contributed by atoms with Gasteiger partial charge in [-0.3, -0.25) is 25.1 Å². The van der Waals surface area contributed by atoms with E-state index < -0.39 is 29.3 Å². The summed E-state index contributed by atoms with van der Waals surface area (Å²) in [6, 6.07) is 11.7. The number of aliphatic hydroxyl groups is 1. The zero-order valence-electron chi connectivity index (χ0n) is 15.3. The molecule has 2 aliphatic rings. The van der Waals surface area contributed by atoms with Gasteiger partial charge in [-0.2, -0.15) is 0 Å². The van der Waals surface area contributed by atoms with Gasteiger partial charge in [0.15, 0.2) is 5.41 Å². The Hall–Kier alpha value is -2.81. The number of nitrogens with one attached hydrogen (secondary N) is 3. The second kappa shape index (κ2) is 7.31. The summed E-state index contributed by atoms with van der Waals surface area (Å²) in [6.07, 6.45) is 0. The standard InChI is InChI=1S/C20H22N4O4/c25-11-10-24-9-8-21-12-16(24)20(17(26)22-19(28)23-18(20)27)15-7-3-5-13-4-1-2-6-14(13)15/h1-7,16,21,25H,8-12H2,(H2,22,23,26,27,28). The summed E-state index contributed by atoms with van der Waals surface area (Å²) in [4.78, 5) is 40.4. The van der Waals surface area contributed by atoms with E-state index in [2.05, 4.69) is 16.0 Å². The number of carbonyl (C=O) groups excluding carboxylic acids is 3. The molecule has 1 atom stereocenters. The summed E-state index contributed by atoms with van der Waals surface area (Å²) >= 11 is 0. The minimum absolute atomic E-state index is 0.0930. The number of hydrogen-bond donors (Lipinski definition) is 4. The van der Waals surface area contributed by atoms with E-state index in [-0.39, 0.29) is 6.61 Å². The minimum atomic E-state index is -1.63. The Morgan fingerprint density at radius 2 is 1.75 bits per heavy atom. The van der Waals surface area contributed by atoms with E-state index in [1.807, 2.05) is 41.3 Å². The third-order valence-corrected chi connectivity index (χ3v) is 5.63. The summed E-state index contributed by atoms with van der Waals surface area (Å²) in [6.45, 7) is 1.87. The molecular weight excluding hydrogens is 360 g/mol. The van der Waals surface area contributed by atoms with Crippen molar-refractivity contribution in [1.29, 1.82) is 0 Å². The van der Waals surface area contributed by atoms with Crippen molar-refractivity contribution in [3.8, 4) is 0 Å². The number of β-amino-alcohol motifs (C(OH)–C–C–N with tert-alkyl or cyclic N) is 1. The number of nitrogens with zero attached hydrogens (tertiary/aromatic N) is 1. The summed E-state index contributed by atoms with van der Waals surface area (Å²) in [7, 11) is 0. The van der Waals surface area contributed by atoms with Crippen LogP contribution >= 0.6 is 0 Å². The topological polar surface area (TPSA) is 111 Å². The van der Waals surface area contributed by atoms with Crippen LogP contribution < -0.4 is 16.0 Å². The van der Waals surface area contributed by atoms with Gasteiger partial charge in [-0.05, 0) is 16.3 Å². The molecule has 1 unspecified atom stereocenters. The summed E-state index contributed by atoms with van der Waals surface area (Å²) in [5.74, 6) is -1.29. The van der Waals surface area contributed by atoms with E-state index >= 15 is 0 Å². The smallest absolute Gasteiger partial charge is 0.328 e. The molecule has 4 rings (SSSR count). The van der Waals surface area contributed by atoms with E-state index in [4.69, 9.17) is 0 Å². The van der Waals surface area contributed by atoms with Gasteiger partial charge in [-0.1, -0.05) is 42.5 Å². The lowest BCUT2D eigenvalue weighted by molar-refractivity contribution is -0.143. The van der Waals surface area contributed by atoms with Crippen molar-refractivity contribution >= 4 is 28.6 Å². The highest BCUT2D eigenvalue weighted by molar-refractivity contribution is 6.24. The number of rotatable bonds is 4. The molecule has 2 aliphatic heterocycles. The van der Waals surface area contributed by atoms with Crippen LogP contribution in [0, 0.1) is 0 Å². The van der Waals surface area contributed by atoms with E-state index in [0.717, 1.165) is 10.8 Å². The molecule has 4 N–H and O–H groups in total. The molecule has 2 heterocycles. The maximum atomic E-state index is 13.3. The minimum Gasteiger partial charge on any atom is -0.395 e. The highest BCUT2D eigenvalue weighted by atomic mass is 16.3. The van der Waals surface area contributed by atoms with Crippen molar-refractivity contribution in [2.45, 2.75) is 11.5 Å². The largest absolute Gasteiger partial charge is 0.395 e. The lowest BCUT2D eigenvalue weighted by Crippen LogP contribution is -2.74. The van der Waals surface area contributed by atoms with Crippen molar-refractivity contribution in [3.05, 3.63) is 48.0 Å². The Morgan fingerprint density at radius 1 is 1.04 bits per heavy atom. The summed E-state index contributed by atoms with van der Waals surface area (Å²) in [5, 5.41) is 19.0. The zero-order valence-corrected chi connectivity index (χ0v) is 15.3. The molecule has 0 bridgehead atoms. The maximum Gasteiger partial charge on any atom is 0.328 e. The monoisotopic (exact) mass is 382 g/mol. The molecule has 2 fully saturated rings. The van der Waals surface area contributed by atoms with Gasteiger partial charge < -0.3 is 10.4 Å². The lowest BCUT2D eigenvalue weighted by Gasteiger charge is -2.47. The van der Waals surface area contributed by atoms with E-state index in [0.29, 0.717) is 31.7 Å². The predicted molar refractivity (Wildman–Crippen MR) is 103 cm³/mol. The average Bonchev–Trinajstić information content (AvgIpc) is 2.69. The number of urea groups is 1. The SMILES string of the molecule is O=C1NC(=O)C(c2cccc3ccccc23)(C2CNCCN2CCO)C(=O)N1. The van der Waals surface area contributed by atoms with Gasteiger partial charge in [0.2, 0.25) is 11.8 Å². The molecule has 0 spiro atoms. The molecule has 8 nitrogen and oxygen atoms in total. The van der Waals surface area contributed by atoms with Crippen molar-refractivity contribution in [2.75, 3.05) is 32.8 Å². The van der Waals surface area contributed by atoms with Crippen LogP contribution in [-0.4, -0.2) is 66.7 Å². The van der Waals surface area contributed by atoms with Gasteiger partial charge in [0, 0.05) is 32.2 Å². The Balaban J connectivity index is 1.98. The molecule has 2 aromatic rings.